The SMILES string of the molecule is NC(=O)CCC1CCC(O)CC1. The van der Waals surface area contributed by atoms with E-state index in [9.17, 15) is 9.90 Å². The van der Waals surface area contributed by atoms with Gasteiger partial charge in [0.05, 0.1) is 6.10 Å². The van der Waals surface area contributed by atoms with Crippen LogP contribution in [0.4, 0.5) is 0 Å². The fourth-order valence-electron chi connectivity index (χ4n) is 1.78. The highest BCUT2D eigenvalue weighted by molar-refractivity contribution is 5.73. The van der Waals surface area contributed by atoms with E-state index in [1.165, 1.54) is 0 Å². The Morgan fingerprint density at radius 2 is 1.92 bits per heavy atom. The number of aliphatic hydroxyl groups is 1. The summed E-state index contributed by atoms with van der Waals surface area (Å²) in [5.41, 5.74) is 5.05. The second-order valence-corrected chi connectivity index (χ2v) is 3.68. The molecule has 12 heavy (non-hydrogen) atoms. The molecule has 1 saturated carbocycles. The van der Waals surface area contributed by atoms with Crippen LogP contribution in [0.5, 0.6) is 0 Å². The minimum atomic E-state index is -0.207. The van der Waals surface area contributed by atoms with Gasteiger partial charge in [0.2, 0.25) is 5.91 Å². The highest BCUT2D eigenvalue weighted by Crippen LogP contribution is 2.27. The van der Waals surface area contributed by atoms with E-state index in [4.69, 9.17) is 5.73 Å². The number of aliphatic hydroxyl groups excluding tert-OH is 1. The largest absolute Gasteiger partial charge is 0.393 e. The van der Waals surface area contributed by atoms with Crippen LogP contribution in [0.3, 0.4) is 0 Å². The van der Waals surface area contributed by atoms with E-state index in [-0.39, 0.29) is 12.0 Å². The summed E-state index contributed by atoms with van der Waals surface area (Å²) < 4.78 is 0. The van der Waals surface area contributed by atoms with Gasteiger partial charge in [-0.2, -0.15) is 0 Å². The average molecular weight is 171 g/mol. The van der Waals surface area contributed by atoms with Crippen LogP contribution >= 0.6 is 0 Å². The van der Waals surface area contributed by atoms with Crippen LogP contribution in [0.15, 0.2) is 0 Å². The molecule has 1 aliphatic carbocycles. The zero-order chi connectivity index (χ0) is 8.97. The van der Waals surface area contributed by atoms with Crippen LogP contribution in [0, 0.1) is 5.92 Å². The topological polar surface area (TPSA) is 63.3 Å². The van der Waals surface area contributed by atoms with Gasteiger partial charge in [0.15, 0.2) is 0 Å². The second-order valence-electron chi connectivity index (χ2n) is 3.68. The maximum atomic E-state index is 10.5. The zero-order valence-electron chi connectivity index (χ0n) is 7.33. The first-order valence-corrected chi connectivity index (χ1v) is 4.65. The molecule has 1 aliphatic rings. The van der Waals surface area contributed by atoms with Crippen molar-refractivity contribution in [3.05, 3.63) is 0 Å². The Hall–Kier alpha value is -0.570. The zero-order valence-corrected chi connectivity index (χ0v) is 7.33. The molecule has 70 valence electrons. The number of primary amides is 1. The molecule has 0 atom stereocenters. The molecule has 0 aromatic rings. The first kappa shape index (κ1) is 9.52. The van der Waals surface area contributed by atoms with Gasteiger partial charge in [0.25, 0.3) is 0 Å². The van der Waals surface area contributed by atoms with Gasteiger partial charge in [-0.3, -0.25) is 4.79 Å². The summed E-state index contributed by atoms with van der Waals surface area (Å²) in [6.07, 6.45) is 5.19. The molecule has 1 amide bonds. The maximum absolute atomic E-state index is 10.5. The smallest absolute Gasteiger partial charge is 0.217 e. The predicted molar refractivity (Wildman–Crippen MR) is 46.4 cm³/mol. The van der Waals surface area contributed by atoms with Crippen molar-refractivity contribution in [3.8, 4) is 0 Å². The van der Waals surface area contributed by atoms with Gasteiger partial charge in [-0.05, 0) is 38.0 Å². The van der Waals surface area contributed by atoms with Crippen molar-refractivity contribution in [2.45, 2.75) is 44.6 Å². The van der Waals surface area contributed by atoms with Crippen molar-refractivity contribution in [1.82, 2.24) is 0 Å². The summed E-state index contributed by atoms with van der Waals surface area (Å²) in [4.78, 5) is 10.5. The highest BCUT2D eigenvalue weighted by Gasteiger charge is 2.19. The van der Waals surface area contributed by atoms with Gasteiger partial charge in [-0.25, -0.2) is 0 Å². The lowest BCUT2D eigenvalue weighted by molar-refractivity contribution is -0.118. The molecule has 0 unspecified atom stereocenters. The molecular formula is C9H17NO2. The van der Waals surface area contributed by atoms with Gasteiger partial charge in [-0.15, -0.1) is 0 Å². The number of carbonyl (C=O) groups excluding carboxylic acids is 1. The van der Waals surface area contributed by atoms with Crippen LogP contribution in [0.25, 0.3) is 0 Å². The summed E-state index contributed by atoms with van der Waals surface area (Å²) >= 11 is 0. The van der Waals surface area contributed by atoms with Crippen LogP contribution in [-0.4, -0.2) is 17.1 Å². The van der Waals surface area contributed by atoms with Crippen LogP contribution < -0.4 is 5.73 Å². The Morgan fingerprint density at radius 1 is 1.33 bits per heavy atom. The monoisotopic (exact) mass is 171 g/mol. The Bertz CT molecular complexity index is 151. The Morgan fingerprint density at radius 3 is 2.42 bits per heavy atom. The van der Waals surface area contributed by atoms with E-state index in [0.717, 1.165) is 32.1 Å². The van der Waals surface area contributed by atoms with E-state index < -0.39 is 0 Å². The first-order chi connectivity index (χ1) is 5.68. The molecule has 0 heterocycles. The lowest BCUT2D eigenvalue weighted by Gasteiger charge is -2.24. The summed E-state index contributed by atoms with van der Waals surface area (Å²) in [7, 11) is 0. The van der Waals surface area contributed by atoms with Crippen molar-refractivity contribution in [1.29, 1.82) is 0 Å². The fraction of sp³-hybridized carbons (Fsp3) is 0.889. The molecule has 3 nitrogen and oxygen atoms in total. The van der Waals surface area contributed by atoms with E-state index in [1.54, 1.807) is 0 Å². The lowest BCUT2D eigenvalue weighted by Crippen LogP contribution is -2.20. The van der Waals surface area contributed by atoms with Crippen molar-refractivity contribution >= 4 is 5.91 Å². The van der Waals surface area contributed by atoms with Crippen LogP contribution in [-0.2, 0) is 4.79 Å². The lowest BCUT2D eigenvalue weighted by atomic mass is 9.84. The molecule has 0 spiro atoms. The average Bonchev–Trinajstić information content (AvgIpc) is 2.03. The molecule has 3 N–H and O–H groups in total. The number of hydrogen-bond acceptors (Lipinski definition) is 2. The fourth-order valence-corrected chi connectivity index (χ4v) is 1.78. The number of nitrogens with two attached hydrogens (primary N) is 1. The molecule has 0 aliphatic heterocycles. The van der Waals surface area contributed by atoms with Gasteiger partial charge >= 0.3 is 0 Å². The van der Waals surface area contributed by atoms with Gasteiger partial charge in [0.1, 0.15) is 0 Å². The van der Waals surface area contributed by atoms with E-state index in [0.29, 0.717) is 12.3 Å². The molecule has 1 fully saturated rings. The van der Waals surface area contributed by atoms with Gasteiger partial charge < -0.3 is 10.8 Å². The molecule has 1 rings (SSSR count). The number of carbonyl (C=O) groups is 1. The number of hydrogen-bond donors (Lipinski definition) is 2. The Labute approximate surface area is 72.9 Å². The minimum Gasteiger partial charge on any atom is -0.393 e. The normalized spacial score (nSPS) is 30.1. The van der Waals surface area contributed by atoms with Crippen molar-refractivity contribution < 1.29 is 9.90 Å². The van der Waals surface area contributed by atoms with Gasteiger partial charge in [0, 0.05) is 6.42 Å². The predicted octanol–water partition coefficient (Wildman–Crippen LogP) is 0.803. The first-order valence-electron chi connectivity index (χ1n) is 4.65. The summed E-state index contributed by atoms with van der Waals surface area (Å²) in [6.45, 7) is 0. The summed E-state index contributed by atoms with van der Waals surface area (Å²) in [5.74, 6) is 0.405. The third kappa shape index (κ3) is 3.22. The molecule has 0 bridgehead atoms. The molecule has 0 aromatic carbocycles. The molecular weight excluding hydrogens is 154 g/mol. The van der Waals surface area contributed by atoms with Crippen LogP contribution in [0.1, 0.15) is 38.5 Å². The van der Waals surface area contributed by atoms with E-state index >= 15 is 0 Å². The Balaban J connectivity index is 2.13. The Kier molecular flexibility index (Phi) is 3.53. The third-order valence-corrected chi connectivity index (χ3v) is 2.62. The van der Waals surface area contributed by atoms with Crippen LogP contribution in [0.2, 0.25) is 0 Å². The van der Waals surface area contributed by atoms with Gasteiger partial charge in [-0.1, -0.05) is 0 Å². The molecule has 3 heteroatoms. The number of amides is 1. The van der Waals surface area contributed by atoms with Crippen molar-refractivity contribution in [2.75, 3.05) is 0 Å². The van der Waals surface area contributed by atoms with Crippen molar-refractivity contribution in [3.63, 3.8) is 0 Å². The van der Waals surface area contributed by atoms with E-state index in [2.05, 4.69) is 0 Å². The summed E-state index contributed by atoms with van der Waals surface area (Å²) in [6, 6.07) is 0. The minimum absolute atomic E-state index is 0.102. The third-order valence-electron chi connectivity index (χ3n) is 2.62. The summed E-state index contributed by atoms with van der Waals surface area (Å²) in [5, 5.41) is 9.21. The quantitative estimate of drug-likeness (QED) is 0.659. The van der Waals surface area contributed by atoms with Crippen molar-refractivity contribution in [2.24, 2.45) is 11.7 Å². The molecule has 0 radical (unpaired) electrons. The second kappa shape index (κ2) is 4.45. The molecule has 0 aromatic heterocycles. The van der Waals surface area contributed by atoms with E-state index in [1.807, 2.05) is 0 Å². The number of rotatable bonds is 3. The molecule has 0 saturated heterocycles. The highest BCUT2D eigenvalue weighted by atomic mass is 16.3. The standard InChI is InChI=1S/C9H17NO2/c10-9(12)6-3-7-1-4-8(11)5-2-7/h7-8,11H,1-6H2,(H2,10,12). The maximum Gasteiger partial charge on any atom is 0.217 e.